The van der Waals surface area contributed by atoms with Gasteiger partial charge in [-0.15, -0.1) is 11.6 Å². The van der Waals surface area contributed by atoms with Gasteiger partial charge in [-0.25, -0.2) is 4.98 Å². The molecule has 0 atom stereocenters. The van der Waals surface area contributed by atoms with Crippen molar-refractivity contribution < 1.29 is 17.9 Å². The van der Waals surface area contributed by atoms with E-state index in [2.05, 4.69) is 4.98 Å². The molecule has 1 aromatic carbocycles. The van der Waals surface area contributed by atoms with Gasteiger partial charge in [-0.2, -0.15) is 13.2 Å². The molecule has 0 N–H and O–H groups in total. The van der Waals surface area contributed by atoms with Crippen molar-refractivity contribution in [3.63, 3.8) is 0 Å². The number of alkyl halides is 4. The van der Waals surface area contributed by atoms with Gasteiger partial charge in [-0.1, -0.05) is 12.1 Å². The number of hydrogen-bond acceptors (Lipinski definition) is 2. The van der Waals surface area contributed by atoms with Crippen molar-refractivity contribution in [3.8, 4) is 5.75 Å². The molecule has 0 aliphatic carbocycles. The van der Waals surface area contributed by atoms with Crippen molar-refractivity contribution in [3.05, 3.63) is 65.1 Å². The number of fused-ring (bicyclic) bond motifs is 1. The first-order valence-electron chi connectivity index (χ1n) is 7.21. The van der Waals surface area contributed by atoms with Gasteiger partial charge in [-0.3, -0.25) is 4.40 Å². The molecule has 2 aromatic heterocycles. The summed E-state index contributed by atoms with van der Waals surface area (Å²) in [4.78, 5) is 4.45. The first-order valence-corrected chi connectivity index (χ1v) is 7.75. The number of nitrogens with zero attached hydrogens (tertiary/aromatic N) is 2. The SMILES string of the molecule is Cc1nc2c(OCc3ccc(C(F)(F)F)cc3)cccn2c1CCl. The maximum absolute atomic E-state index is 12.6. The molecule has 3 nitrogen and oxygen atoms in total. The highest BCUT2D eigenvalue weighted by Crippen LogP contribution is 2.29. The van der Waals surface area contributed by atoms with Crippen LogP contribution in [0.1, 0.15) is 22.5 Å². The van der Waals surface area contributed by atoms with Gasteiger partial charge in [0.05, 0.1) is 22.8 Å². The minimum Gasteiger partial charge on any atom is -0.485 e. The normalized spacial score (nSPS) is 11.9. The highest BCUT2D eigenvalue weighted by Gasteiger charge is 2.29. The third kappa shape index (κ3) is 3.19. The van der Waals surface area contributed by atoms with Crippen molar-refractivity contribution in [1.82, 2.24) is 9.38 Å². The Morgan fingerprint density at radius 1 is 1.17 bits per heavy atom. The average Bonchev–Trinajstić information content (AvgIpc) is 2.88. The highest BCUT2D eigenvalue weighted by atomic mass is 35.5. The molecule has 0 saturated carbocycles. The topological polar surface area (TPSA) is 26.5 Å². The Morgan fingerprint density at radius 3 is 2.50 bits per heavy atom. The van der Waals surface area contributed by atoms with Gasteiger partial charge in [0, 0.05) is 6.20 Å². The van der Waals surface area contributed by atoms with E-state index in [0.717, 1.165) is 23.5 Å². The molecule has 0 aliphatic heterocycles. The zero-order valence-corrected chi connectivity index (χ0v) is 13.5. The number of ether oxygens (including phenoxy) is 1. The third-order valence-electron chi connectivity index (χ3n) is 3.72. The molecule has 0 amide bonds. The second-order valence-corrected chi connectivity index (χ2v) is 5.59. The standard InChI is InChI=1S/C17H14ClF3N2O/c1-11-14(9-18)23-8-2-3-15(16(23)22-11)24-10-12-4-6-13(7-5-12)17(19,20)21/h2-8H,9-10H2,1H3. The summed E-state index contributed by atoms with van der Waals surface area (Å²) in [5.74, 6) is 0.881. The van der Waals surface area contributed by atoms with Crippen LogP contribution in [0.3, 0.4) is 0 Å². The number of imidazole rings is 1. The number of aryl methyl sites for hydroxylation is 1. The molecule has 0 fully saturated rings. The Kier molecular flexibility index (Phi) is 4.41. The predicted octanol–water partition coefficient (Wildman–Crippen LogP) is 4.98. The Hall–Kier alpha value is -2.21. The summed E-state index contributed by atoms with van der Waals surface area (Å²) >= 11 is 5.94. The van der Waals surface area contributed by atoms with Crippen molar-refractivity contribution in [2.24, 2.45) is 0 Å². The fourth-order valence-electron chi connectivity index (χ4n) is 2.43. The number of rotatable bonds is 4. The molecule has 0 bridgehead atoms. The molecule has 0 radical (unpaired) electrons. The van der Waals surface area contributed by atoms with Crippen LogP contribution < -0.4 is 4.74 Å². The summed E-state index contributed by atoms with van der Waals surface area (Å²) in [6.07, 6.45) is -2.49. The Bertz CT molecular complexity index is 857. The Labute approximate surface area is 141 Å². The molecule has 24 heavy (non-hydrogen) atoms. The molecule has 126 valence electrons. The summed E-state index contributed by atoms with van der Waals surface area (Å²) in [6.45, 7) is 2.02. The van der Waals surface area contributed by atoms with Crippen molar-refractivity contribution >= 4 is 17.2 Å². The molecule has 0 unspecified atom stereocenters. The van der Waals surface area contributed by atoms with Crippen LogP contribution in [-0.2, 0) is 18.7 Å². The van der Waals surface area contributed by atoms with Crippen LogP contribution in [-0.4, -0.2) is 9.38 Å². The Balaban J connectivity index is 1.81. The predicted molar refractivity (Wildman–Crippen MR) is 85.3 cm³/mol. The minimum atomic E-state index is -4.34. The van der Waals surface area contributed by atoms with Gasteiger partial charge < -0.3 is 4.74 Å². The van der Waals surface area contributed by atoms with Crippen molar-refractivity contribution in [2.45, 2.75) is 25.6 Å². The summed E-state index contributed by atoms with van der Waals surface area (Å²) < 4.78 is 45.3. The number of aromatic nitrogens is 2. The summed E-state index contributed by atoms with van der Waals surface area (Å²) in [5, 5.41) is 0. The monoisotopic (exact) mass is 354 g/mol. The molecule has 3 aromatic rings. The van der Waals surface area contributed by atoms with Crippen LogP contribution in [0.5, 0.6) is 5.75 Å². The van der Waals surface area contributed by atoms with Gasteiger partial charge in [0.15, 0.2) is 11.4 Å². The lowest BCUT2D eigenvalue weighted by Crippen LogP contribution is -2.05. The van der Waals surface area contributed by atoms with E-state index in [9.17, 15) is 13.2 Å². The smallest absolute Gasteiger partial charge is 0.416 e. The van der Waals surface area contributed by atoms with Crippen LogP contribution in [0.15, 0.2) is 42.6 Å². The van der Waals surface area contributed by atoms with E-state index in [-0.39, 0.29) is 6.61 Å². The van der Waals surface area contributed by atoms with Gasteiger partial charge in [0.1, 0.15) is 6.61 Å². The highest BCUT2D eigenvalue weighted by molar-refractivity contribution is 6.17. The van der Waals surface area contributed by atoms with Crippen molar-refractivity contribution in [2.75, 3.05) is 0 Å². The van der Waals surface area contributed by atoms with Crippen LogP contribution in [0.4, 0.5) is 13.2 Å². The van der Waals surface area contributed by atoms with Gasteiger partial charge in [0.25, 0.3) is 0 Å². The fraction of sp³-hybridized carbons (Fsp3) is 0.235. The summed E-state index contributed by atoms with van der Waals surface area (Å²) in [6, 6.07) is 8.49. The number of hydrogen-bond donors (Lipinski definition) is 0. The summed E-state index contributed by atoms with van der Waals surface area (Å²) in [5.41, 5.74) is 2.30. The third-order valence-corrected chi connectivity index (χ3v) is 3.97. The average molecular weight is 355 g/mol. The second-order valence-electron chi connectivity index (χ2n) is 5.33. The maximum atomic E-state index is 12.6. The summed E-state index contributed by atoms with van der Waals surface area (Å²) in [7, 11) is 0. The lowest BCUT2D eigenvalue weighted by Gasteiger charge is -2.10. The fourth-order valence-corrected chi connectivity index (χ4v) is 2.75. The van der Waals surface area contributed by atoms with E-state index in [4.69, 9.17) is 16.3 Å². The number of halogens is 4. The lowest BCUT2D eigenvalue weighted by atomic mass is 10.1. The lowest BCUT2D eigenvalue weighted by molar-refractivity contribution is -0.137. The van der Waals surface area contributed by atoms with Crippen molar-refractivity contribution in [1.29, 1.82) is 0 Å². The first kappa shape index (κ1) is 16.6. The van der Waals surface area contributed by atoms with Gasteiger partial charge in [-0.05, 0) is 36.8 Å². The molecule has 7 heteroatoms. The molecule has 0 spiro atoms. The number of benzene rings is 1. The maximum Gasteiger partial charge on any atom is 0.416 e. The zero-order chi connectivity index (χ0) is 17.3. The quantitative estimate of drug-likeness (QED) is 0.618. The zero-order valence-electron chi connectivity index (χ0n) is 12.8. The molecular weight excluding hydrogens is 341 g/mol. The van der Waals surface area contributed by atoms with Gasteiger partial charge >= 0.3 is 6.18 Å². The van der Waals surface area contributed by atoms with Crippen LogP contribution in [0.25, 0.3) is 5.65 Å². The van der Waals surface area contributed by atoms with Gasteiger partial charge in [0.2, 0.25) is 0 Å². The largest absolute Gasteiger partial charge is 0.485 e. The van der Waals surface area contributed by atoms with E-state index in [1.165, 1.54) is 12.1 Å². The molecule has 2 heterocycles. The van der Waals surface area contributed by atoms with Crippen LogP contribution >= 0.6 is 11.6 Å². The second kappa shape index (κ2) is 6.36. The number of pyridine rings is 1. The first-order chi connectivity index (χ1) is 11.4. The van der Waals surface area contributed by atoms with Crippen LogP contribution in [0.2, 0.25) is 0 Å². The molecule has 0 saturated heterocycles. The minimum absolute atomic E-state index is 0.153. The molecule has 0 aliphatic rings. The molecular formula is C17H14ClF3N2O. The van der Waals surface area contributed by atoms with E-state index in [1.54, 1.807) is 6.07 Å². The van der Waals surface area contributed by atoms with E-state index in [1.807, 2.05) is 23.6 Å². The van der Waals surface area contributed by atoms with E-state index in [0.29, 0.717) is 22.8 Å². The molecule has 3 rings (SSSR count). The van der Waals surface area contributed by atoms with E-state index >= 15 is 0 Å². The van der Waals surface area contributed by atoms with E-state index < -0.39 is 11.7 Å². The van der Waals surface area contributed by atoms with Crippen LogP contribution in [0, 0.1) is 6.92 Å². The Morgan fingerprint density at radius 2 is 1.88 bits per heavy atom.